The Morgan fingerprint density at radius 3 is 3.00 bits per heavy atom. The molecule has 0 saturated heterocycles. The normalized spacial score (nSPS) is 10.7. The van der Waals surface area contributed by atoms with Crippen LogP contribution in [-0.4, -0.2) is 8.75 Å². The van der Waals surface area contributed by atoms with Gasteiger partial charge in [-0.05, 0) is 34.7 Å². The summed E-state index contributed by atoms with van der Waals surface area (Å²) in [6, 6.07) is 3.04. The Hall–Kier alpha value is -0.300. The van der Waals surface area contributed by atoms with Crippen molar-refractivity contribution in [3.63, 3.8) is 0 Å². The van der Waals surface area contributed by atoms with Crippen molar-refractivity contribution in [2.24, 2.45) is 0 Å². The van der Waals surface area contributed by atoms with Crippen molar-refractivity contribution in [2.45, 2.75) is 0 Å². The van der Waals surface area contributed by atoms with Crippen LogP contribution in [0.5, 0.6) is 0 Å². The second-order valence-corrected chi connectivity index (χ2v) is 3.60. The quantitative estimate of drug-likeness (QED) is 0.693. The average Bonchev–Trinajstić information content (AvgIpc) is 2.45. The summed E-state index contributed by atoms with van der Waals surface area (Å²) in [6.45, 7) is 0. The van der Waals surface area contributed by atoms with Crippen LogP contribution in [-0.2, 0) is 0 Å². The van der Waals surface area contributed by atoms with E-state index in [0.717, 1.165) is 17.2 Å². The number of rotatable bonds is 0. The molecule has 2 nitrogen and oxygen atoms in total. The smallest absolute Gasteiger partial charge is 0.138 e. The number of nitrogens with zero attached hydrogens (tertiary/aromatic N) is 2. The number of aromatic nitrogens is 2. The maximum atomic E-state index is 12.9. The highest BCUT2D eigenvalue weighted by Crippen LogP contribution is 2.20. The first-order chi connectivity index (χ1) is 5.29. The van der Waals surface area contributed by atoms with E-state index in [9.17, 15) is 4.39 Å². The van der Waals surface area contributed by atoms with Crippen LogP contribution in [0, 0.1) is 9.39 Å². The highest BCUT2D eigenvalue weighted by Gasteiger charge is 2.06. The number of halogens is 2. The third-order valence-electron chi connectivity index (χ3n) is 1.32. The largest absolute Gasteiger partial charge is 0.206 e. The van der Waals surface area contributed by atoms with Gasteiger partial charge in [0.05, 0.1) is 15.3 Å². The van der Waals surface area contributed by atoms with Gasteiger partial charge in [0.1, 0.15) is 16.9 Å². The zero-order valence-corrected chi connectivity index (χ0v) is 8.19. The van der Waals surface area contributed by atoms with Crippen molar-refractivity contribution in [3.05, 3.63) is 21.5 Å². The monoisotopic (exact) mass is 280 g/mol. The molecule has 1 aromatic carbocycles. The van der Waals surface area contributed by atoms with Gasteiger partial charge in [-0.2, -0.15) is 8.75 Å². The molecule has 5 heteroatoms. The van der Waals surface area contributed by atoms with Crippen LogP contribution in [0.2, 0.25) is 0 Å². The minimum absolute atomic E-state index is 0.231. The highest BCUT2D eigenvalue weighted by atomic mass is 127. The molecule has 56 valence electrons. The summed E-state index contributed by atoms with van der Waals surface area (Å²) < 4.78 is 21.3. The average molecular weight is 280 g/mol. The Morgan fingerprint density at radius 1 is 1.36 bits per heavy atom. The van der Waals surface area contributed by atoms with Gasteiger partial charge >= 0.3 is 0 Å². The minimum atomic E-state index is -0.231. The maximum absolute atomic E-state index is 12.9. The first-order valence-corrected chi connectivity index (χ1v) is 4.66. The van der Waals surface area contributed by atoms with Crippen molar-refractivity contribution in [2.75, 3.05) is 0 Å². The first-order valence-electron chi connectivity index (χ1n) is 2.85. The molecule has 0 saturated carbocycles. The van der Waals surface area contributed by atoms with Gasteiger partial charge in [-0.3, -0.25) is 0 Å². The molecule has 2 aromatic rings. The Labute approximate surface area is 79.9 Å². The number of fused-ring (bicyclic) bond motifs is 1. The summed E-state index contributed by atoms with van der Waals surface area (Å²) in [5.41, 5.74) is 1.43. The van der Waals surface area contributed by atoms with E-state index in [1.165, 1.54) is 6.07 Å². The molecule has 2 rings (SSSR count). The molecular formula is C6H2FIN2S. The van der Waals surface area contributed by atoms with Gasteiger partial charge in [0.25, 0.3) is 0 Å². The summed E-state index contributed by atoms with van der Waals surface area (Å²) in [7, 11) is 0. The molecule has 0 spiro atoms. The first kappa shape index (κ1) is 7.35. The van der Waals surface area contributed by atoms with Gasteiger partial charge in [0, 0.05) is 0 Å². The molecule has 0 fully saturated rings. The SMILES string of the molecule is Fc1ccc2nsnc2c1I. The Morgan fingerprint density at radius 2 is 2.18 bits per heavy atom. The zero-order valence-electron chi connectivity index (χ0n) is 5.21. The minimum Gasteiger partial charge on any atom is -0.206 e. The molecule has 0 radical (unpaired) electrons. The predicted molar refractivity (Wildman–Crippen MR) is 50.1 cm³/mol. The lowest BCUT2D eigenvalue weighted by atomic mass is 10.3. The summed E-state index contributed by atoms with van der Waals surface area (Å²) in [5.74, 6) is -0.231. The third kappa shape index (κ3) is 1.12. The van der Waals surface area contributed by atoms with Gasteiger partial charge in [-0.1, -0.05) is 0 Å². The van der Waals surface area contributed by atoms with Gasteiger partial charge in [0.15, 0.2) is 0 Å². The molecule has 0 amide bonds. The molecule has 1 aromatic heterocycles. The number of hydrogen-bond acceptors (Lipinski definition) is 3. The van der Waals surface area contributed by atoms with Gasteiger partial charge in [-0.15, -0.1) is 0 Å². The van der Waals surface area contributed by atoms with E-state index in [4.69, 9.17) is 0 Å². The van der Waals surface area contributed by atoms with Crippen molar-refractivity contribution in [1.82, 2.24) is 8.75 Å². The van der Waals surface area contributed by atoms with Gasteiger partial charge < -0.3 is 0 Å². The molecule has 0 bridgehead atoms. The molecule has 0 N–H and O–H groups in total. The fourth-order valence-electron chi connectivity index (χ4n) is 0.795. The predicted octanol–water partition coefficient (Wildman–Crippen LogP) is 2.44. The summed E-state index contributed by atoms with van der Waals surface area (Å²) in [6.07, 6.45) is 0. The Kier molecular flexibility index (Phi) is 1.76. The number of benzene rings is 1. The third-order valence-corrected chi connectivity index (χ3v) is 2.89. The van der Waals surface area contributed by atoms with Crippen LogP contribution in [0.25, 0.3) is 11.0 Å². The van der Waals surface area contributed by atoms with Crippen molar-refractivity contribution < 1.29 is 4.39 Å². The van der Waals surface area contributed by atoms with E-state index in [1.807, 2.05) is 22.6 Å². The van der Waals surface area contributed by atoms with Crippen LogP contribution >= 0.6 is 34.3 Å². The Bertz CT molecular complexity index is 400. The lowest BCUT2D eigenvalue weighted by molar-refractivity contribution is 0.622. The standard InChI is InChI=1S/C6H2FIN2S/c7-3-1-2-4-6(5(3)8)10-11-9-4/h1-2H. The van der Waals surface area contributed by atoms with Gasteiger partial charge in [-0.25, -0.2) is 4.39 Å². The molecule has 0 aliphatic carbocycles. The van der Waals surface area contributed by atoms with Crippen LogP contribution < -0.4 is 0 Å². The second kappa shape index (κ2) is 2.63. The summed E-state index contributed by atoms with van der Waals surface area (Å²) in [5, 5.41) is 0. The Balaban J connectivity index is 2.93. The van der Waals surface area contributed by atoms with E-state index in [0.29, 0.717) is 9.09 Å². The van der Waals surface area contributed by atoms with E-state index < -0.39 is 0 Å². The zero-order chi connectivity index (χ0) is 7.84. The molecule has 0 unspecified atom stereocenters. The molecule has 11 heavy (non-hydrogen) atoms. The fraction of sp³-hybridized carbons (Fsp3) is 0. The molecule has 0 aliphatic rings. The second-order valence-electron chi connectivity index (χ2n) is 1.99. The van der Waals surface area contributed by atoms with Crippen LogP contribution in [0.4, 0.5) is 4.39 Å². The van der Waals surface area contributed by atoms with Crippen LogP contribution in [0.3, 0.4) is 0 Å². The van der Waals surface area contributed by atoms with Crippen molar-refractivity contribution in [3.8, 4) is 0 Å². The highest BCUT2D eigenvalue weighted by molar-refractivity contribution is 14.1. The van der Waals surface area contributed by atoms with E-state index in [1.54, 1.807) is 6.07 Å². The van der Waals surface area contributed by atoms with Crippen molar-refractivity contribution in [1.29, 1.82) is 0 Å². The summed E-state index contributed by atoms with van der Waals surface area (Å²) >= 11 is 3.03. The molecule has 1 heterocycles. The van der Waals surface area contributed by atoms with Gasteiger partial charge in [0.2, 0.25) is 0 Å². The fourth-order valence-corrected chi connectivity index (χ4v) is 2.08. The molecular weight excluding hydrogens is 278 g/mol. The molecule has 0 atom stereocenters. The maximum Gasteiger partial charge on any atom is 0.138 e. The topological polar surface area (TPSA) is 25.8 Å². The van der Waals surface area contributed by atoms with E-state index in [-0.39, 0.29) is 5.82 Å². The van der Waals surface area contributed by atoms with E-state index in [2.05, 4.69) is 8.75 Å². The number of hydrogen-bond donors (Lipinski definition) is 0. The van der Waals surface area contributed by atoms with Crippen molar-refractivity contribution >= 4 is 45.4 Å². The summed E-state index contributed by atoms with van der Waals surface area (Å²) in [4.78, 5) is 0. The van der Waals surface area contributed by atoms with Crippen LogP contribution in [0.1, 0.15) is 0 Å². The van der Waals surface area contributed by atoms with E-state index >= 15 is 0 Å². The van der Waals surface area contributed by atoms with Crippen LogP contribution in [0.15, 0.2) is 12.1 Å². The lowest BCUT2D eigenvalue weighted by Crippen LogP contribution is -1.82. The molecule has 0 aliphatic heterocycles. The lowest BCUT2D eigenvalue weighted by Gasteiger charge is -1.91.